The number of aryl methyl sites for hydroxylation is 1. The fraction of sp³-hybridized carbons (Fsp3) is 0.462. The van der Waals surface area contributed by atoms with Crippen LogP contribution in [0.3, 0.4) is 0 Å². The van der Waals surface area contributed by atoms with Crippen LogP contribution in [0, 0.1) is 22.5 Å². The van der Waals surface area contributed by atoms with Gasteiger partial charge < -0.3 is 4.74 Å². The molecule has 1 fully saturated rings. The summed E-state index contributed by atoms with van der Waals surface area (Å²) in [4.78, 5) is 21.6. The van der Waals surface area contributed by atoms with Gasteiger partial charge in [0.1, 0.15) is 17.6 Å². The van der Waals surface area contributed by atoms with Crippen molar-refractivity contribution < 1.29 is 14.5 Å². The van der Waals surface area contributed by atoms with E-state index in [2.05, 4.69) is 0 Å². The molecule has 1 aliphatic rings. The highest BCUT2D eigenvalue weighted by Crippen LogP contribution is 2.40. The number of carbonyl (C=O) groups excluding carboxylic acids is 1. The first-order chi connectivity index (χ1) is 8.32. The second-order valence-corrected chi connectivity index (χ2v) is 5.16. The third-order valence-corrected chi connectivity index (χ3v) is 3.53. The van der Waals surface area contributed by atoms with Crippen LogP contribution >= 0.6 is 0 Å². The van der Waals surface area contributed by atoms with Crippen molar-refractivity contribution >= 4 is 11.5 Å². The average Bonchev–Trinajstić information content (AvgIpc) is 2.30. The van der Waals surface area contributed by atoms with Gasteiger partial charge in [0.15, 0.2) is 0 Å². The maximum Gasteiger partial charge on any atom is 0.269 e. The molecule has 2 rings (SSSR count). The zero-order valence-electron chi connectivity index (χ0n) is 10.6. The fourth-order valence-electron chi connectivity index (χ4n) is 1.96. The number of ether oxygens (including phenoxy) is 1. The highest BCUT2D eigenvalue weighted by Gasteiger charge is 2.49. The van der Waals surface area contributed by atoms with Gasteiger partial charge in [-0.05, 0) is 32.4 Å². The minimum absolute atomic E-state index is 0.0452. The van der Waals surface area contributed by atoms with Gasteiger partial charge in [0.05, 0.1) is 10.3 Å². The molecule has 0 heterocycles. The predicted molar refractivity (Wildman–Crippen MR) is 65.7 cm³/mol. The van der Waals surface area contributed by atoms with E-state index in [-0.39, 0.29) is 17.6 Å². The van der Waals surface area contributed by atoms with Crippen molar-refractivity contribution in [2.45, 2.75) is 33.3 Å². The molecular weight excluding hydrogens is 234 g/mol. The number of Topliss-reactive ketones (excluding diaryl/α,β-unsaturated/α-hetero) is 1. The summed E-state index contributed by atoms with van der Waals surface area (Å²) >= 11 is 0. The first-order valence-electron chi connectivity index (χ1n) is 5.77. The van der Waals surface area contributed by atoms with E-state index in [1.54, 1.807) is 13.0 Å². The molecule has 1 saturated carbocycles. The van der Waals surface area contributed by atoms with Crippen molar-refractivity contribution in [2.75, 3.05) is 0 Å². The zero-order chi connectivity index (χ0) is 13.5. The molecule has 18 heavy (non-hydrogen) atoms. The van der Waals surface area contributed by atoms with Gasteiger partial charge in [-0.2, -0.15) is 0 Å². The van der Waals surface area contributed by atoms with Crippen LogP contribution < -0.4 is 4.74 Å². The van der Waals surface area contributed by atoms with E-state index in [9.17, 15) is 14.9 Å². The van der Waals surface area contributed by atoms with Crippen LogP contribution in [-0.2, 0) is 4.79 Å². The van der Waals surface area contributed by atoms with Crippen molar-refractivity contribution in [3.05, 3.63) is 33.9 Å². The van der Waals surface area contributed by atoms with E-state index < -0.39 is 10.3 Å². The Morgan fingerprint density at radius 1 is 1.44 bits per heavy atom. The number of rotatable bonds is 3. The molecule has 0 N–H and O–H groups in total. The molecule has 1 aromatic rings. The Labute approximate surface area is 105 Å². The molecule has 0 radical (unpaired) electrons. The van der Waals surface area contributed by atoms with Crippen LogP contribution in [0.25, 0.3) is 0 Å². The second kappa shape index (κ2) is 4.08. The summed E-state index contributed by atoms with van der Waals surface area (Å²) in [6.45, 7) is 5.46. The minimum Gasteiger partial charge on any atom is -0.489 e. The van der Waals surface area contributed by atoms with Gasteiger partial charge in [0, 0.05) is 18.6 Å². The molecule has 1 atom stereocenters. The molecule has 1 aromatic carbocycles. The van der Waals surface area contributed by atoms with Gasteiger partial charge >= 0.3 is 0 Å². The lowest BCUT2D eigenvalue weighted by atomic mass is 9.68. The van der Waals surface area contributed by atoms with Crippen molar-refractivity contribution in [1.29, 1.82) is 0 Å². The molecule has 1 aliphatic carbocycles. The van der Waals surface area contributed by atoms with Crippen LogP contribution in [0.2, 0.25) is 0 Å². The van der Waals surface area contributed by atoms with Gasteiger partial charge in [-0.15, -0.1) is 0 Å². The molecule has 5 heteroatoms. The molecule has 0 amide bonds. The third kappa shape index (κ3) is 1.96. The van der Waals surface area contributed by atoms with Gasteiger partial charge in [-0.25, -0.2) is 0 Å². The Morgan fingerprint density at radius 2 is 2.11 bits per heavy atom. The van der Waals surface area contributed by atoms with Crippen LogP contribution in [-0.4, -0.2) is 16.8 Å². The molecule has 5 nitrogen and oxygen atoms in total. The van der Waals surface area contributed by atoms with Gasteiger partial charge in [-0.3, -0.25) is 14.9 Å². The lowest BCUT2D eigenvalue weighted by Crippen LogP contribution is -2.53. The number of non-ortho nitro benzene ring substituents is 1. The molecule has 0 spiro atoms. The van der Waals surface area contributed by atoms with Crippen molar-refractivity contribution in [3.8, 4) is 5.75 Å². The largest absolute Gasteiger partial charge is 0.489 e. The Morgan fingerprint density at radius 3 is 2.56 bits per heavy atom. The number of carbonyl (C=O) groups is 1. The highest BCUT2D eigenvalue weighted by atomic mass is 16.6. The average molecular weight is 249 g/mol. The van der Waals surface area contributed by atoms with E-state index in [0.29, 0.717) is 17.7 Å². The van der Waals surface area contributed by atoms with E-state index in [0.717, 1.165) is 0 Å². The topological polar surface area (TPSA) is 69.4 Å². The lowest BCUT2D eigenvalue weighted by Gasteiger charge is -2.42. The summed E-state index contributed by atoms with van der Waals surface area (Å²) in [5.74, 6) is 0.790. The van der Waals surface area contributed by atoms with Gasteiger partial charge in [-0.1, -0.05) is 0 Å². The molecule has 0 aliphatic heterocycles. The van der Waals surface area contributed by atoms with Crippen LogP contribution in [0.5, 0.6) is 5.75 Å². The molecule has 0 aromatic heterocycles. The summed E-state index contributed by atoms with van der Waals surface area (Å²) in [5, 5.41) is 10.6. The monoisotopic (exact) mass is 249 g/mol. The second-order valence-electron chi connectivity index (χ2n) is 5.16. The normalized spacial score (nSPS) is 21.3. The molecule has 0 saturated heterocycles. The first-order valence-corrected chi connectivity index (χ1v) is 5.77. The van der Waals surface area contributed by atoms with Gasteiger partial charge in [0.25, 0.3) is 5.69 Å². The zero-order valence-corrected chi connectivity index (χ0v) is 10.6. The number of nitro groups is 1. The van der Waals surface area contributed by atoms with Crippen molar-refractivity contribution in [1.82, 2.24) is 0 Å². The SMILES string of the molecule is Cc1cc([N+](=O)[O-])ccc1OC1CC(=O)C1(C)C. The van der Waals surface area contributed by atoms with Crippen LogP contribution in [0.1, 0.15) is 25.8 Å². The quantitative estimate of drug-likeness (QED) is 0.610. The van der Waals surface area contributed by atoms with E-state index >= 15 is 0 Å². The van der Waals surface area contributed by atoms with E-state index in [1.165, 1.54) is 12.1 Å². The standard InChI is InChI=1S/C13H15NO4/c1-8-6-9(14(16)17)4-5-10(8)18-12-7-11(15)13(12,2)3/h4-6,12H,7H2,1-3H3. The Balaban J connectivity index is 2.16. The summed E-state index contributed by atoms with van der Waals surface area (Å²) in [6.07, 6.45) is 0.258. The van der Waals surface area contributed by atoms with Crippen molar-refractivity contribution in [3.63, 3.8) is 0 Å². The number of hydrogen-bond acceptors (Lipinski definition) is 4. The number of benzene rings is 1. The molecular formula is C13H15NO4. The van der Waals surface area contributed by atoms with E-state index in [4.69, 9.17) is 4.74 Å². The molecule has 0 bridgehead atoms. The molecule has 1 unspecified atom stereocenters. The fourth-order valence-corrected chi connectivity index (χ4v) is 1.96. The van der Waals surface area contributed by atoms with Crippen LogP contribution in [0.4, 0.5) is 5.69 Å². The predicted octanol–water partition coefficient (Wildman–Crippen LogP) is 2.65. The molecule has 96 valence electrons. The maximum atomic E-state index is 11.4. The summed E-state index contributed by atoms with van der Waals surface area (Å²) in [7, 11) is 0. The summed E-state index contributed by atoms with van der Waals surface area (Å²) in [5.41, 5.74) is 0.289. The van der Waals surface area contributed by atoms with Crippen molar-refractivity contribution in [2.24, 2.45) is 5.41 Å². The Bertz CT molecular complexity index is 522. The smallest absolute Gasteiger partial charge is 0.269 e. The first kappa shape index (κ1) is 12.5. The Hall–Kier alpha value is -1.91. The van der Waals surface area contributed by atoms with Crippen LogP contribution in [0.15, 0.2) is 18.2 Å². The third-order valence-electron chi connectivity index (χ3n) is 3.53. The van der Waals surface area contributed by atoms with E-state index in [1.807, 2.05) is 13.8 Å². The number of hydrogen-bond donors (Lipinski definition) is 0. The lowest BCUT2D eigenvalue weighted by molar-refractivity contribution is -0.384. The number of nitro benzene ring substituents is 1. The number of ketones is 1. The number of nitrogens with zero attached hydrogens (tertiary/aromatic N) is 1. The maximum absolute atomic E-state index is 11.4. The van der Waals surface area contributed by atoms with Gasteiger partial charge in [0.2, 0.25) is 0 Å². The summed E-state index contributed by atoms with van der Waals surface area (Å²) in [6, 6.07) is 4.48. The highest BCUT2D eigenvalue weighted by molar-refractivity contribution is 5.91. The minimum atomic E-state index is -0.464. The Kier molecular flexibility index (Phi) is 2.84. The summed E-state index contributed by atoms with van der Waals surface area (Å²) < 4.78 is 5.76.